The van der Waals surface area contributed by atoms with E-state index < -0.39 is 28.5 Å². The Balaban J connectivity index is 2.93. The summed E-state index contributed by atoms with van der Waals surface area (Å²) in [6.07, 6.45) is 1.76. The van der Waals surface area contributed by atoms with Gasteiger partial charge in [0.05, 0.1) is 19.8 Å². The molecule has 1 aromatic rings. The summed E-state index contributed by atoms with van der Waals surface area (Å²) in [5.74, 6) is -1.20. The minimum absolute atomic E-state index is 0.0322. The molecule has 0 bridgehead atoms. The van der Waals surface area contributed by atoms with Crippen molar-refractivity contribution >= 4 is 21.9 Å². The third-order valence-electron chi connectivity index (χ3n) is 3.46. The summed E-state index contributed by atoms with van der Waals surface area (Å²) in [7, 11) is -0.327. The van der Waals surface area contributed by atoms with Gasteiger partial charge in [0.15, 0.2) is 6.61 Å². The van der Waals surface area contributed by atoms with Gasteiger partial charge in [0.2, 0.25) is 0 Å². The van der Waals surface area contributed by atoms with Crippen molar-refractivity contribution in [2.45, 2.75) is 24.7 Å². The number of esters is 1. The van der Waals surface area contributed by atoms with Crippen LogP contribution >= 0.6 is 0 Å². The molecule has 1 N–H and O–H groups in total. The maximum absolute atomic E-state index is 12.4. The number of nitrogens with one attached hydrogen (secondary N) is 1. The highest BCUT2D eigenvalue weighted by Gasteiger charge is 2.27. The molecule has 26 heavy (non-hydrogen) atoms. The van der Waals surface area contributed by atoms with Crippen LogP contribution in [0.3, 0.4) is 0 Å². The molecule has 0 heterocycles. The molecule has 0 fully saturated rings. The highest BCUT2D eigenvalue weighted by Crippen LogP contribution is 2.27. The molecule has 0 aromatic heterocycles. The number of carbonyl (C=O) groups excluding carboxylic acids is 2. The number of ether oxygens (including phenoxy) is 2. The molecule has 9 nitrogen and oxygen atoms in total. The van der Waals surface area contributed by atoms with Crippen LogP contribution in [0.2, 0.25) is 0 Å². The van der Waals surface area contributed by atoms with E-state index in [1.54, 1.807) is 0 Å². The summed E-state index contributed by atoms with van der Waals surface area (Å²) in [5.41, 5.74) is -0.0322. The molecule has 1 aromatic carbocycles. The van der Waals surface area contributed by atoms with Gasteiger partial charge >= 0.3 is 5.97 Å². The van der Waals surface area contributed by atoms with E-state index in [1.165, 1.54) is 33.4 Å². The number of methoxy groups -OCH3 is 1. The Kier molecular flexibility index (Phi) is 8.49. The summed E-state index contributed by atoms with van der Waals surface area (Å²) in [5, 5.41) is 2.61. The highest BCUT2D eigenvalue weighted by molar-refractivity contribution is 7.89. The van der Waals surface area contributed by atoms with Gasteiger partial charge < -0.3 is 14.8 Å². The first kappa shape index (κ1) is 21.9. The third kappa shape index (κ3) is 5.68. The Morgan fingerprint density at radius 1 is 1.23 bits per heavy atom. The molecule has 10 heteroatoms. The predicted octanol–water partition coefficient (Wildman–Crippen LogP) is 0.950. The summed E-state index contributed by atoms with van der Waals surface area (Å²) in [6.45, 7) is 2.04. The summed E-state index contributed by atoms with van der Waals surface area (Å²) in [6, 6.07) is 3.79. The van der Waals surface area contributed by atoms with Crippen molar-refractivity contribution in [1.82, 2.24) is 9.79 Å². The summed E-state index contributed by atoms with van der Waals surface area (Å²) >= 11 is 0. The monoisotopic (exact) mass is 388 g/mol. The summed E-state index contributed by atoms with van der Waals surface area (Å²) in [4.78, 5) is 28.2. The van der Waals surface area contributed by atoms with Crippen LogP contribution in [0.25, 0.3) is 0 Å². The molecule has 0 unspecified atom stereocenters. The quantitative estimate of drug-likeness (QED) is 0.361. The number of nitrogens with zero attached hydrogens (tertiary/aromatic N) is 1. The molecule has 146 valence electrons. The van der Waals surface area contributed by atoms with E-state index in [1.807, 2.05) is 6.92 Å². The largest absolute Gasteiger partial charge is 0.495 e. The summed E-state index contributed by atoms with van der Waals surface area (Å²) < 4.78 is 35.5. The molecule has 1 rings (SSSR count). The van der Waals surface area contributed by atoms with Crippen LogP contribution in [0.4, 0.5) is 0 Å². The van der Waals surface area contributed by atoms with Crippen LogP contribution in [-0.4, -0.2) is 59.2 Å². The fourth-order valence-corrected chi connectivity index (χ4v) is 3.07. The minimum atomic E-state index is -4.03. The van der Waals surface area contributed by atoms with Gasteiger partial charge in [0.25, 0.3) is 15.9 Å². The van der Waals surface area contributed by atoms with E-state index in [0.717, 1.165) is 18.9 Å². The van der Waals surface area contributed by atoms with Gasteiger partial charge in [-0.2, -0.15) is 0 Å². The topological polar surface area (TPSA) is 111 Å². The average molecular weight is 388 g/mol. The lowest BCUT2D eigenvalue weighted by Crippen LogP contribution is -2.29. The van der Waals surface area contributed by atoms with Crippen molar-refractivity contribution < 1.29 is 32.3 Å². The number of rotatable bonds is 10. The molecule has 1 amide bonds. The van der Waals surface area contributed by atoms with Crippen LogP contribution in [0, 0.1) is 0 Å². The number of hydroxylamine groups is 1. The lowest BCUT2D eigenvalue weighted by atomic mass is 10.2. The fourth-order valence-electron chi connectivity index (χ4n) is 1.91. The van der Waals surface area contributed by atoms with Crippen molar-refractivity contribution in [1.29, 1.82) is 0 Å². The SMILES string of the molecule is CCCCNC(=O)COC(=O)c1ccc(OC)c(S(=O)(=O)N(C)OC)c1. The van der Waals surface area contributed by atoms with E-state index in [0.29, 0.717) is 11.0 Å². The Hall–Kier alpha value is -2.17. The Morgan fingerprint density at radius 3 is 2.50 bits per heavy atom. The van der Waals surface area contributed by atoms with Crippen molar-refractivity contribution in [2.75, 3.05) is 34.4 Å². The van der Waals surface area contributed by atoms with Gasteiger partial charge in [-0.15, -0.1) is 0 Å². The number of unbranched alkanes of at least 4 members (excludes halogenated alkanes) is 1. The maximum atomic E-state index is 12.4. The van der Waals surface area contributed by atoms with Crippen molar-refractivity contribution in [3.63, 3.8) is 0 Å². The van der Waals surface area contributed by atoms with E-state index in [9.17, 15) is 18.0 Å². The van der Waals surface area contributed by atoms with Crippen molar-refractivity contribution in [2.24, 2.45) is 0 Å². The second-order valence-electron chi connectivity index (χ2n) is 5.24. The van der Waals surface area contributed by atoms with Gasteiger partial charge in [-0.1, -0.05) is 17.8 Å². The first-order chi connectivity index (χ1) is 12.3. The number of carbonyl (C=O) groups is 2. The van der Waals surface area contributed by atoms with Gasteiger partial charge in [0, 0.05) is 13.6 Å². The van der Waals surface area contributed by atoms with Crippen LogP contribution < -0.4 is 10.1 Å². The molecule has 0 radical (unpaired) electrons. The number of amides is 1. The molecule has 0 aliphatic heterocycles. The maximum Gasteiger partial charge on any atom is 0.338 e. The van der Waals surface area contributed by atoms with Crippen LogP contribution in [0.5, 0.6) is 5.75 Å². The normalized spacial score (nSPS) is 11.3. The molecule has 0 saturated heterocycles. The van der Waals surface area contributed by atoms with Gasteiger partial charge in [-0.3, -0.25) is 9.63 Å². The Morgan fingerprint density at radius 2 is 1.92 bits per heavy atom. The fraction of sp³-hybridized carbons (Fsp3) is 0.500. The Bertz CT molecular complexity index is 734. The van der Waals surface area contributed by atoms with E-state index in [-0.39, 0.29) is 16.2 Å². The third-order valence-corrected chi connectivity index (χ3v) is 5.16. The van der Waals surface area contributed by atoms with E-state index >= 15 is 0 Å². The first-order valence-electron chi connectivity index (χ1n) is 7.92. The second kappa shape index (κ2) is 10.1. The lowest BCUT2D eigenvalue weighted by Gasteiger charge is -2.17. The zero-order valence-electron chi connectivity index (χ0n) is 15.3. The number of sulfonamides is 1. The number of hydrogen-bond acceptors (Lipinski definition) is 7. The zero-order chi connectivity index (χ0) is 19.7. The Labute approximate surface area is 153 Å². The molecule has 0 aliphatic rings. The molecule has 0 spiro atoms. The highest BCUT2D eigenvalue weighted by atomic mass is 32.2. The van der Waals surface area contributed by atoms with Gasteiger partial charge in [0.1, 0.15) is 10.6 Å². The van der Waals surface area contributed by atoms with E-state index in [4.69, 9.17) is 14.3 Å². The predicted molar refractivity (Wildman–Crippen MR) is 93.2 cm³/mol. The average Bonchev–Trinajstić information content (AvgIpc) is 2.64. The molecule has 0 aliphatic carbocycles. The second-order valence-corrected chi connectivity index (χ2v) is 7.15. The van der Waals surface area contributed by atoms with Gasteiger partial charge in [-0.25, -0.2) is 13.2 Å². The molecular weight excluding hydrogens is 364 g/mol. The smallest absolute Gasteiger partial charge is 0.338 e. The number of hydrogen-bond donors (Lipinski definition) is 1. The van der Waals surface area contributed by atoms with Crippen molar-refractivity contribution in [3.05, 3.63) is 23.8 Å². The first-order valence-corrected chi connectivity index (χ1v) is 9.36. The van der Waals surface area contributed by atoms with E-state index in [2.05, 4.69) is 5.32 Å². The van der Waals surface area contributed by atoms with Gasteiger partial charge in [-0.05, 0) is 24.6 Å². The van der Waals surface area contributed by atoms with Crippen molar-refractivity contribution in [3.8, 4) is 5.75 Å². The van der Waals surface area contributed by atoms with Crippen LogP contribution in [0.15, 0.2) is 23.1 Å². The number of benzene rings is 1. The molecule has 0 saturated carbocycles. The van der Waals surface area contributed by atoms with Crippen LogP contribution in [0.1, 0.15) is 30.1 Å². The molecule has 0 atom stereocenters. The molecular formula is C16H24N2O7S. The van der Waals surface area contributed by atoms with Crippen LogP contribution in [-0.2, 0) is 24.4 Å². The standard InChI is InChI=1S/C16H24N2O7S/c1-5-6-9-17-15(19)11-25-16(20)12-7-8-13(23-3)14(10-12)26(21,22)18(2)24-4/h7-8,10H,5-6,9,11H2,1-4H3,(H,17,19). The zero-order valence-corrected chi connectivity index (χ0v) is 16.1. The minimum Gasteiger partial charge on any atom is -0.495 e. The lowest BCUT2D eigenvalue weighted by molar-refractivity contribution is -0.124.